The third-order valence-corrected chi connectivity index (χ3v) is 5.79. The van der Waals surface area contributed by atoms with Crippen molar-refractivity contribution in [2.75, 3.05) is 13.1 Å². The van der Waals surface area contributed by atoms with Crippen LogP contribution < -0.4 is 0 Å². The molecule has 0 spiro atoms. The summed E-state index contributed by atoms with van der Waals surface area (Å²) in [6.45, 7) is 3.43. The minimum atomic E-state index is -0.754. The highest BCUT2D eigenvalue weighted by molar-refractivity contribution is 9.11. The zero-order valence-electron chi connectivity index (χ0n) is 12.0. The highest BCUT2D eigenvalue weighted by Crippen LogP contribution is 2.31. The number of rotatable bonds is 5. The van der Waals surface area contributed by atoms with E-state index in [2.05, 4.69) is 15.9 Å². The maximum absolute atomic E-state index is 12.6. The number of carboxylic acids is 1. The van der Waals surface area contributed by atoms with Crippen LogP contribution in [-0.2, 0) is 9.59 Å². The van der Waals surface area contributed by atoms with Gasteiger partial charge in [0.15, 0.2) is 0 Å². The number of halogens is 1. The fourth-order valence-corrected chi connectivity index (χ4v) is 4.25. The molecule has 21 heavy (non-hydrogen) atoms. The van der Waals surface area contributed by atoms with E-state index in [1.165, 1.54) is 0 Å². The number of carbonyl (C=O) groups is 2. The van der Waals surface area contributed by atoms with Crippen molar-refractivity contribution in [1.82, 2.24) is 4.90 Å². The number of aliphatic carboxylic acids is 1. The number of carboxylic acid groups (broad SMARTS) is 1. The first kappa shape index (κ1) is 16.5. The third-order valence-electron chi connectivity index (χ3n) is 3.99. The number of hydrogen-bond acceptors (Lipinski definition) is 3. The first-order valence-corrected chi connectivity index (χ1v) is 8.84. The van der Waals surface area contributed by atoms with Crippen LogP contribution in [-0.4, -0.2) is 35.0 Å². The summed E-state index contributed by atoms with van der Waals surface area (Å²) in [6.07, 6.45) is 2.85. The van der Waals surface area contributed by atoms with Gasteiger partial charge in [0.2, 0.25) is 5.91 Å². The van der Waals surface area contributed by atoms with E-state index in [0.29, 0.717) is 18.9 Å². The van der Waals surface area contributed by atoms with Gasteiger partial charge < -0.3 is 10.0 Å². The molecule has 2 atom stereocenters. The van der Waals surface area contributed by atoms with Gasteiger partial charge in [0, 0.05) is 24.4 Å². The smallest absolute Gasteiger partial charge is 0.303 e. The Hall–Kier alpha value is -0.880. The van der Waals surface area contributed by atoms with E-state index in [4.69, 9.17) is 5.11 Å². The van der Waals surface area contributed by atoms with Crippen LogP contribution >= 0.6 is 27.3 Å². The molecule has 2 heterocycles. The van der Waals surface area contributed by atoms with Gasteiger partial charge in [-0.05, 0) is 60.2 Å². The molecule has 2 rings (SSSR count). The average Bonchev–Trinajstić information content (AvgIpc) is 2.90. The van der Waals surface area contributed by atoms with Crippen LogP contribution in [0.5, 0.6) is 0 Å². The van der Waals surface area contributed by atoms with Crippen molar-refractivity contribution in [1.29, 1.82) is 0 Å². The summed E-state index contributed by atoms with van der Waals surface area (Å²) in [5.74, 6) is -0.403. The van der Waals surface area contributed by atoms with Crippen molar-refractivity contribution in [3.8, 4) is 0 Å². The molecular weight excluding hydrogens is 354 g/mol. The Bertz CT molecular complexity index is 517. The van der Waals surface area contributed by atoms with Gasteiger partial charge in [-0.1, -0.05) is 0 Å². The second-order valence-corrected chi connectivity index (χ2v) is 8.08. The molecule has 1 aliphatic heterocycles. The molecule has 0 unspecified atom stereocenters. The molecule has 0 aromatic carbocycles. The topological polar surface area (TPSA) is 57.6 Å². The lowest BCUT2D eigenvalue weighted by Crippen LogP contribution is -2.41. The maximum Gasteiger partial charge on any atom is 0.303 e. The molecule has 0 bridgehead atoms. The Balaban J connectivity index is 1.93. The average molecular weight is 374 g/mol. The summed E-state index contributed by atoms with van der Waals surface area (Å²) in [6, 6.07) is 3.96. The summed E-state index contributed by atoms with van der Waals surface area (Å²) < 4.78 is 1.04. The van der Waals surface area contributed by atoms with Gasteiger partial charge in [0.1, 0.15) is 0 Å². The van der Waals surface area contributed by atoms with E-state index in [1.54, 1.807) is 11.3 Å². The van der Waals surface area contributed by atoms with Crippen molar-refractivity contribution in [3.63, 3.8) is 0 Å². The van der Waals surface area contributed by atoms with Gasteiger partial charge >= 0.3 is 5.97 Å². The van der Waals surface area contributed by atoms with E-state index in [-0.39, 0.29) is 18.2 Å². The molecule has 1 saturated heterocycles. The van der Waals surface area contributed by atoms with Gasteiger partial charge in [-0.2, -0.15) is 0 Å². The first-order valence-electron chi connectivity index (χ1n) is 7.23. The molecule has 1 N–H and O–H groups in total. The zero-order valence-corrected chi connectivity index (χ0v) is 14.5. The number of piperidine rings is 1. The number of likely N-dealkylation sites (tertiary alicyclic amines) is 1. The van der Waals surface area contributed by atoms with E-state index in [0.717, 1.165) is 28.0 Å². The van der Waals surface area contributed by atoms with Crippen LogP contribution in [0, 0.1) is 5.92 Å². The van der Waals surface area contributed by atoms with E-state index in [9.17, 15) is 9.59 Å². The van der Waals surface area contributed by atoms with Crippen LogP contribution in [0.3, 0.4) is 0 Å². The SMILES string of the molecule is C[C@@H](C(=O)N1CCC[C@@H](CCC(=O)O)C1)c1ccc(Br)s1. The number of hydrogen-bond donors (Lipinski definition) is 1. The highest BCUT2D eigenvalue weighted by atomic mass is 79.9. The minimum Gasteiger partial charge on any atom is -0.481 e. The standard InChI is InChI=1S/C15H20BrNO3S/c1-10(12-5-6-13(16)21-12)15(20)17-8-2-3-11(9-17)4-7-14(18)19/h5-6,10-11H,2-4,7-9H2,1H3,(H,18,19)/t10-,11+/m1/s1. The summed E-state index contributed by atoms with van der Waals surface area (Å²) in [7, 11) is 0. The maximum atomic E-state index is 12.6. The second-order valence-electron chi connectivity index (χ2n) is 5.59. The number of thiophene rings is 1. The molecule has 0 aliphatic carbocycles. The van der Waals surface area contributed by atoms with Crippen molar-refractivity contribution < 1.29 is 14.7 Å². The summed E-state index contributed by atoms with van der Waals surface area (Å²) in [5, 5.41) is 8.77. The number of carbonyl (C=O) groups excluding carboxylic acids is 1. The molecule has 1 aromatic rings. The molecule has 0 radical (unpaired) electrons. The Morgan fingerprint density at radius 1 is 1.52 bits per heavy atom. The number of nitrogens with zero attached hydrogens (tertiary/aromatic N) is 1. The molecule has 1 aromatic heterocycles. The van der Waals surface area contributed by atoms with Crippen molar-refractivity contribution in [2.45, 2.75) is 38.5 Å². The molecular formula is C15H20BrNO3S. The van der Waals surface area contributed by atoms with Gasteiger partial charge in [0.05, 0.1) is 9.70 Å². The normalized spacial score (nSPS) is 20.3. The Kier molecular flexibility index (Phi) is 5.81. The third kappa shape index (κ3) is 4.54. The lowest BCUT2D eigenvalue weighted by atomic mass is 9.92. The largest absolute Gasteiger partial charge is 0.481 e. The van der Waals surface area contributed by atoms with Crippen molar-refractivity contribution in [3.05, 3.63) is 20.8 Å². The van der Waals surface area contributed by atoms with Crippen LogP contribution in [0.15, 0.2) is 15.9 Å². The lowest BCUT2D eigenvalue weighted by Gasteiger charge is -2.34. The quantitative estimate of drug-likeness (QED) is 0.855. The fraction of sp³-hybridized carbons (Fsp3) is 0.600. The monoisotopic (exact) mass is 373 g/mol. The molecule has 6 heteroatoms. The van der Waals surface area contributed by atoms with Gasteiger partial charge in [0.25, 0.3) is 0 Å². The molecule has 1 fully saturated rings. The van der Waals surface area contributed by atoms with Crippen molar-refractivity contribution in [2.24, 2.45) is 5.92 Å². The van der Waals surface area contributed by atoms with E-state index in [1.807, 2.05) is 24.0 Å². The summed E-state index contributed by atoms with van der Waals surface area (Å²) in [5.41, 5.74) is 0. The Labute approximate surface area is 137 Å². The zero-order chi connectivity index (χ0) is 15.4. The fourth-order valence-electron chi connectivity index (χ4n) is 2.79. The van der Waals surface area contributed by atoms with Gasteiger partial charge in [-0.3, -0.25) is 9.59 Å². The summed E-state index contributed by atoms with van der Waals surface area (Å²) in [4.78, 5) is 26.2. The molecule has 0 saturated carbocycles. The number of amides is 1. The van der Waals surface area contributed by atoms with Gasteiger partial charge in [-0.15, -0.1) is 11.3 Å². The second kappa shape index (κ2) is 7.40. The molecule has 4 nitrogen and oxygen atoms in total. The molecule has 1 aliphatic rings. The molecule has 116 valence electrons. The van der Waals surface area contributed by atoms with Crippen LogP contribution in [0.25, 0.3) is 0 Å². The van der Waals surface area contributed by atoms with E-state index < -0.39 is 5.97 Å². The molecule has 1 amide bonds. The predicted octanol–water partition coefficient (Wildman–Crippen LogP) is 3.72. The minimum absolute atomic E-state index is 0.125. The Morgan fingerprint density at radius 2 is 2.29 bits per heavy atom. The van der Waals surface area contributed by atoms with Crippen molar-refractivity contribution >= 4 is 39.1 Å². The van der Waals surface area contributed by atoms with Crippen LogP contribution in [0.1, 0.15) is 43.4 Å². The van der Waals surface area contributed by atoms with Crippen LogP contribution in [0.2, 0.25) is 0 Å². The van der Waals surface area contributed by atoms with Crippen LogP contribution in [0.4, 0.5) is 0 Å². The van der Waals surface area contributed by atoms with Gasteiger partial charge in [-0.25, -0.2) is 0 Å². The summed E-state index contributed by atoms with van der Waals surface area (Å²) >= 11 is 5.02. The highest BCUT2D eigenvalue weighted by Gasteiger charge is 2.28. The lowest BCUT2D eigenvalue weighted by molar-refractivity contribution is -0.137. The predicted molar refractivity (Wildman–Crippen MR) is 86.6 cm³/mol. The van der Waals surface area contributed by atoms with E-state index >= 15 is 0 Å². The Morgan fingerprint density at radius 3 is 2.90 bits per heavy atom. The first-order chi connectivity index (χ1) is 9.97.